The fraction of sp³-hybridized carbons (Fsp3) is 0.615. The van der Waals surface area contributed by atoms with Crippen LogP contribution >= 0.6 is 0 Å². The van der Waals surface area contributed by atoms with Gasteiger partial charge in [-0.1, -0.05) is 32.0 Å². The van der Waals surface area contributed by atoms with Crippen molar-refractivity contribution in [2.24, 2.45) is 17.3 Å². The molecule has 3 atom stereocenters. The van der Waals surface area contributed by atoms with Gasteiger partial charge in [0, 0.05) is 31.6 Å². The molecule has 1 aromatic carbocycles. The van der Waals surface area contributed by atoms with Crippen LogP contribution in [-0.4, -0.2) is 65.8 Å². The number of ketones is 1. The molecule has 0 saturated heterocycles. The Kier molecular flexibility index (Phi) is 14.4. The quantitative estimate of drug-likeness (QED) is 0.269. The highest BCUT2D eigenvalue weighted by molar-refractivity contribution is 5.91. The average molecular weight is 696 g/mol. The molecule has 2 amide bonds. The highest BCUT2D eigenvalue weighted by Crippen LogP contribution is 2.33. The van der Waals surface area contributed by atoms with Gasteiger partial charge in [-0.05, 0) is 109 Å². The molecule has 11 nitrogen and oxygen atoms in total. The number of carbonyl (C=O) groups is 4. The number of anilines is 1. The van der Waals surface area contributed by atoms with Crippen molar-refractivity contribution < 1.29 is 38.1 Å². The lowest BCUT2D eigenvalue weighted by Crippen LogP contribution is -2.46. The molecule has 0 unspecified atom stereocenters. The van der Waals surface area contributed by atoms with Crippen molar-refractivity contribution in [3.63, 3.8) is 0 Å². The second-order valence-corrected chi connectivity index (χ2v) is 15.9. The van der Waals surface area contributed by atoms with Gasteiger partial charge in [0.2, 0.25) is 5.91 Å². The lowest BCUT2D eigenvalue weighted by molar-refractivity contribution is -0.168. The third-order valence-electron chi connectivity index (χ3n) is 8.16. The number of carbonyl (C=O) groups excluding carboxylic acids is 4. The molecule has 0 aliphatic carbocycles. The van der Waals surface area contributed by atoms with Gasteiger partial charge in [-0.25, -0.2) is 9.78 Å². The van der Waals surface area contributed by atoms with Gasteiger partial charge in [0.25, 0.3) is 0 Å². The molecular formula is C39H57N3O8. The van der Waals surface area contributed by atoms with Crippen LogP contribution in [-0.2, 0) is 41.4 Å². The van der Waals surface area contributed by atoms with Gasteiger partial charge in [-0.2, -0.15) is 0 Å². The number of fused-ring (bicyclic) bond motifs is 13. The number of rotatable bonds is 9. The van der Waals surface area contributed by atoms with Gasteiger partial charge in [0.1, 0.15) is 28.6 Å². The summed E-state index contributed by atoms with van der Waals surface area (Å²) in [6.07, 6.45) is 2.90. The lowest BCUT2D eigenvalue weighted by Gasteiger charge is -2.32. The fourth-order valence-electron chi connectivity index (χ4n) is 5.52. The van der Waals surface area contributed by atoms with Gasteiger partial charge < -0.3 is 24.3 Å². The van der Waals surface area contributed by atoms with E-state index in [2.05, 4.69) is 15.6 Å². The van der Waals surface area contributed by atoms with Crippen LogP contribution in [0.3, 0.4) is 0 Å². The monoisotopic (exact) mass is 695 g/mol. The summed E-state index contributed by atoms with van der Waals surface area (Å²) in [7, 11) is 0. The predicted octanol–water partition coefficient (Wildman–Crippen LogP) is 6.86. The minimum absolute atomic E-state index is 0.0643. The molecule has 4 rings (SSSR count). The van der Waals surface area contributed by atoms with Crippen molar-refractivity contribution in [3.05, 3.63) is 53.7 Å². The Balaban J connectivity index is 1.84. The molecule has 0 spiro atoms. The smallest absolute Gasteiger partial charge is 0.413 e. The Morgan fingerprint density at radius 2 is 1.60 bits per heavy atom. The molecule has 0 saturated carbocycles. The number of esters is 1. The van der Waals surface area contributed by atoms with Crippen LogP contribution in [0.5, 0.6) is 5.75 Å². The van der Waals surface area contributed by atoms with E-state index in [-0.39, 0.29) is 48.7 Å². The number of nitrogens with zero attached hydrogens (tertiary/aromatic N) is 1. The molecule has 2 bridgehead atoms. The summed E-state index contributed by atoms with van der Waals surface area (Å²) in [6.45, 7) is 17.9. The molecule has 50 heavy (non-hydrogen) atoms. The van der Waals surface area contributed by atoms with Crippen LogP contribution in [0.1, 0.15) is 99.1 Å². The van der Waals surface area contributed by atoms with E-state index in [0.717, 1.165) is 24.2 Å². The number of ether oxygens (including phenoxy) is 4. The molecule has 0 radical (unpaired) electrons. The Morgan fingerprint density at radius 1 is 0.940 bits per heavy atom. The van der Waals surface area contributed by atoms with Gasteiger partial charge in [0.05, 0.1) is 24.7 Å². The van der Waals surface area contributed by atoms with Crippen molar-refractivity contribution in [3.8, 4) is 5.75 Å². The summed E-state index contributed by atoms with van der Waals surface area (Å²) in [4.78, 5) is 58.0. The zero-order chi connectivity index (χ0) is 37.1. The van der Waals surface area contributed by atoms with E-state index in [0.29, 0.717) is 31.8 Å². The first-order chi connectivity index (χ1) is 23.3. The second-order valence-electron chi connectivity index (χ2n) is 15.9. The Labute approximate surface area is 297 Å². The number of hydrogen-bond acceptors (Lipinski definition) is 9. The summed E-state index contributed by atoms with van der Waals surface area (Å²) in [5, 5.41) is 5.75. The van der Waals surface area contributed by atoms with Crippen LogP contribution in [0.25, 0.3) is 0 Å². The van der Waals surface area contributed by atoms with Crippen molar-refractivity contribution in [1.82, 2.24) is 10.3 Å². The largest absolute Gasteiger partial charge is 0.494 e. The molecule has 2 aromatic rings. The molecule has 276 valence electrons. The maximum atomic E-state index is 13.9. The Hall–Kier alpha value is -3.99. The molecule has 2 N–H and O–H groups in total. The number of amides is 2. The van der Waals surface area contributed by atoms with Crippen LogP contribution in [0, 0.1) is 17.3 Å². The number of pyridine rings is 1. The van der Waals surface area contributed by atoms with E-state index in [1.807, 2.05) is 38.1 Å². The molecular weight excluding hydrogens is 638 g/mol. The summed E-state index contributed by atoms with van der Waals surface area (Å²) in [5.74, 6) is -0.517. The second kappa shape index (κ2) is 17.8. The summed E-state index contributed by atoms with van der Waals surface area (Å²) >= 11 is 0. The van der Waals surface area contributed by atoms with E-state index < -0.39 is 34.6 Å². The number of benzene rings is 1. The van der Waals surface area contributed by atoms with Crippen molar-refractivity contribution in [2.45, 2.75) is 118 Å². The molecule has 11 heteroatoms. The van der Waals surface area contributed by atoms with E-state index >= 15 is 0 Å². The lowest BCUT2D eigenvalue weighted by atomic mass is 9.77. The summed E-state index contributed by atoms with van der Waals surface area (Å²) in [5.41, 5.74) is -1.13. The maximum Gasteiger partial charge on any atom is 0.413 e. The minimum Gasteiger partial charge on any atom is -0.494 e. The van der Waals surface area contributed by atoms with Gasteiger partial charge in [-0.15, -0.1) is 0 Å². The normalized spacial score (nSPS) is 19.1. The molecule has 2 aliphatic heterocycles. The van der Waals surface area contributed by atoms with Gasteiger partial charge >= 0.3 is 12.1 Å². The van der Waals surface area contributed by atoms with Crippen LogP contribution in [0.2, 0.25) is 0 Å². The third kappa shape index (κ3) is 14.1. The SMILES string of the molecule is CC(C)[C@H]1COCCCCOc2ccc(cc2)C[C@@H](CC(=O)C[C@@](C)(Cc2ccc(NC(=O)OC(C)(C)C)nc2)C(=O)OC(C)(C)C)C(=O)N1. The molecule has 2 aliphatic rings. The zero-order valence-corrected chi connectivity index (χ0v) is 31.4. The first-order valence-electron chi connectivity index (χ1n) is 17.6. The summed E-state index contributed by atoms with van der Waals surface area (Å²) < 4.78 is 22.9. The highest BCUT2D eigenvalue weighted by atomic mass is 16.6. The number of nitrogens with one attached hydrogen (secondary N) is 2. The Bertz CT molecular complexity index is 1430. The third-order valence-corrected chi connectivity index (χ3v) is 8.16. The van der Waals surface area contributed by atoms with Crippen molar-refractivity contribution in [2.75, 3.05) is 25.1 Å². The van der Waals surface area contributed by atoms with E-state index in [1.54, 1.807) is 66.8 Å². The minimum atomic E-state index is -1.26. The predicted molar refractivity (Wildman–Crippen MR) is 192 cm³/mol. The highest BCUT2D eigenvalue weighted by Gasteiger charge is 2.40. The number of Topliss-reactive ketones (excluding diaryl/α,β-unsaturated/α-hetero) is 1. The topological polar surface area (TPSA) is 142 Å². The summed E-state index contributed by atoms with van der Waals surface area (Å²) in [6, 6.07) is 10.7. The van der Waals surface area contributed by atoms with Crippen molar-refractivity contribution >= 4 is 29.6 Å². The van der Waals surface area contributed by atoms with Crippen molar-refractivity contribution in [1.29, 1.82) is 0 Å². The van der Waals surface area contributed by atoms with E-state index in [4.69, 9.17) is 18.9 Å². The number of aromatic nitrogens is 1. The van der Waals surface area contributed by atoms with E-state index in [1.165, 1.54) is 0 Å². The molecule has 1 aromatic heterocycles. The van der Waals surface area contributed by atoms with Crippen LogP contribution in [0.4, 0.5) is 10.6 Å². The fourth-order valence-corrected chi connectivity index (χ4v) is 5.52. The van der Waals surface area contributed by atoms with E-state index in [9.17, 15) is 19.2 Å². The first-order valence-corrected chi connectivity index (χ1v) is 17.6. The van der Waals surface area contributed by atoms with Gasteiger partial charge in [-0.3, -0.25) is 19.7 Å². The average Bonchev–Trinajstić information content (AvgIpc) is 2.98. The first kappa shape index (κ1) is 40.4. The maximum absolute atomic E-state index is 13.9. The van der Waals surface area contributed by atoms with Crippen LogP contribution < -0.4 is 15.4 Å². The van der Waals surface area contributed by atoms with Crippen LogP contribution in [0.15, 0.2) is 42.6 Å². The molecule has 3 heterocycles. The Morgan fingerprint density at radius 3 is 2.20 bits per heavy atom. The number of hydrogen-bond donors (Lipinski definition) is 2. The standard InChI is InChI=1S/C39H57N3O8/c1-26(2)32-25-47-18-10-11-19-48-31-15-12-27(13-16-31)20-29(34(44)41-32)21-30(43)23-39(9,35(45)49-37(3,4)5)22-28-14-17-33(40-24-28)42-36(46)50-38(6,7)8/h12-17,24,26,29,32H,10-11,18-23,25H2,1-9H3,(H,41,44)(H,40,42,46)/t29-,32+,39+/m0/s1. The van der Waals surface area contributed by atoms with Gasteiger partial charge in [0.15, 0.2) is 0 Å². The zero-order valence-electron chi connectivity index (χ0n) is 31.4. The molecule has 0 fully saturated rings.